The fraction of sp³-hybridized carbons (Fsp3) is 0.143. The van der Waals surface area contributed by atoms with E-state index in [9.17, 15) is 21.6 Å². The van der Waals surface area contributed by atoms with E-state index >= 15 is 0 Å². The molecule has 0 unspecified atom stereocenters. The van der Waals surface area contributed by atoms with Gasteiger partial charge in [0, 0.05) is 3.57 Å². The standard InChI is InChI=1S/C7H5F3INO3S/c8-7(9,10)15-5-3-1-2-4(11)6(5)16(12,13)14/h1-3H,(H2,12,13,14). The number of alkyl halides is 3. The Balaban J connectivity index is 3.36. The molecule has 0 radical (unpaired) electrons. The number of primary sulfonamides is 1. The predicted octanol–water partition coefficient (Wildman–Crippen LogP) is 1.84. The number of hydrogen-bond acceptors (Lipinski definition) is 3. The monoisotopic (exact) mass is 367 g/mol. The van der Waals surface area contributed by atoms with Gasteiger partial charge in [-0.2, -0.15) is 0 Å². The molecule has 0 bridgehead atoms. The fourth-order valence-corrected chi connectivity index (χ4v) is 3.09. The van der Waals surface area contributed by atoms with Gasteiger partial charge < -0.3 is 4.74 Å². The summed E-state index contributed by atoms with van der Waals surface area (Å²) in [6.07, 6.45) is -4.97. The molecule has 1 aromatic rings. The van der Waals surface area contributed by atoms with Crippen molar-refractivity contribution >= 4 is 32.6 Å². The third kappa shape index (κ3) is 3.49. The number of halogens is 4. The van der Waals surface area contributed by atoms with Crippen molar-refractivity contribution in [1.82, 2.24) is 0 Å². The number of rotatable bonds is 2. The molecule has 0 aliphatic heterocycles. The van der Waals surface area contributed by atoms with E-state index in [1.165, 1.54) is 12.1 Å². The highest BCUT2D eigenvalue weighted by molar-refractivity contribution is 14.1. The maximum absolute atomic E-state index is 12.0. The van der Waals surface area contributed by atoms with Gasteiger partial charge in [0.2, 0.25) is 10.0 Å². The second kappa shape index (κ2) is 4.37. The van der Waals surface area contributed by atoms with Gasteiger partial charge in [-0.25, -0.2) is 13.6 Å². The van der Waals surface area contributed by atoms with Crippen LogP contribution in [0.2, 0.25) is 0 Å². The van der Waals surface area contributed by atoms with Crippen molar-refractivity contribution in [2.45, 2.75) is 11.3 Å². The number of ether oxygens (including phenoxy) is 1. The first-order chi connectivity index (χ1) is 7.11. The summed E-state index contributed by atoms with van der Waals surface area (Å²) < 4.78 is 61.7. The number of benzene rings is 1. The van der Waals surface area contributed by atoms with Gasteiger partial charge in [0.15, 0.2) is 5.75 Å². The second-order valence-corrected chi connectivity index (χ2v) is 5.32. The summed E-state index contributed by atoms with van der Waals surface area (Å²) in [6.45, 7) is 0. The third-order valence-corrected chi connectivity index (χ3v) is 3.70. The zero-order valence-corrected chi connectivity index (χ0v) is 10.4. The average molecular weight is 367 g/mol. The highest BCUT2D eigenvalue weighted by Gasteiger charge is 2.34. The Morgan fingerprint density at radius 3 is 2.31 bits per heavy atom. The van der Waals surface area contributed by atoms with Gasteiger partial charge in [-0.1, -0.05) is 6.07 Å². The van der Waals surface area contributed by atoms with E-state index in [-0.39, 0.29) is 3.57 Å². The minimum absolute atomic E-state index is 0.0573. The van der Waals surface area contributed by atoms with Crippen molar-refractivity contribution in [2.24, 2.45) is 5.14 Å². The van der Waals surface area contributed by atoms with Gasteiger partial charge in [-0.05, 0) is 34.7 Å². The molecule has 4 nitrogen and oxygen atoms in total. The first-order valence-corrected chi connectivity index (χ1v) is 6.31. The van der Waals surface area contributed by atoms with Crippen molar-refractivity contribution < 1.29 is 26.3 Å². The van der Waals surface area contributed by atoms with E-state index in [0.717, 1.165) is 6.07 Å². The van der Waals surface area contributed by atoms with Gasteiger partial charge >= 0.3 is 6.36 Å². The maximum Gasteiger partial charge on any atom is 0.573 e. The predicted molar refractivity (Wildman–Crippen MR) is 57.2 cm³/mol. The molecule has 0 heterocycles. The Bertz CT molecular complexity index is 500. The first kappa shape index (κ1) is 13.5. The van der Waals surface area contributed by atoms with Gasteiger partial charge in [-0.3, -0.25) is 0 Å². The van der Waals surface area contributed by atoms with Crippen molar-refractivity contribution in [3.63, 3.8) is 0 Å². The molecule has 1 rings (SSSR count). The lowest BCUT2D eigenvalue weighted by Gasteiger charge is -2.12. The molecular formula is C7H5F3INO3S. The van der Waals surface area contributed by atoms with Crippen LogP contribution in [0.25, 0.3) is 0 Å². The van der Waals surface area contributed by atoms with Gasteiger partial charge in [0.1, 0.15) is 4.90 Å². The van der Waals surface area contributed by atoms with Crippen LogP contribution in [0.1, 0.15) is 0 Å². The highest BCUT2D eigenvalue weighted by atomic mass is 127. The summed E-state index contributed by atoms with van der Waals surface area (Å²) in [4.78, 5) is -0.673. The van der Waals surface area contributed by atoms with E-state index in [1.807, 2.05) is 0 Å². The van der Waals surface area contributed by atoms with E-state index in [4.69, 9.17) is 5.14 Å². The van der Waals surface area contributed by atoms with Gasteiger partial charge in [0.05, 0.1) is 0 Å². The topological polar surface area (TPSA) is 69.4 Å². The summed E-state index contributed by atoms with van der Waals surface area (Å²) in [5.41, 5.74) is 0. The quantitative estimate of drug-likeness (QED) is 0.812. The Morgan fingerprint density at radius 1 is 1.31 bits per heavy atom. The lowest BCUT2D eigenvalue weighted by molar-refractivity contribution is -0.275. The Hall–Kier alpha value is -0.550. The number of hydrogen-bond donors (Lipinski definition) is 1. The molecule has 0 atom stereocenters. The summed E-state index contributed by atoms with van der Waals surface area (Å²) in [7, 11) is -4.27. The van der Waals surface area contributed by atoms with Crippen molar-refractivity contribution in [2.75, 3.05) is 0 Å². The van der Waals surface area contributed by atoms with Crippen LogP contribution in [-0.4, -0.2) is 14.8 Å². The Morgan fingerprint density at radius 2 is 1.88 bits per heavy atom. The molecule has 1 aromatic carbocycles. The van der Waals surface area contributed by atoms with Crippen LogP contribution in [0, 0.1) is 3.57 Å². The minimum Gasteiger partial charge on any atom is -0.404 e. The zero-order chi connectivity index (χ0) is 12.6. The van der Waals surface area contributed by atoms with E-state index < -0.39 is 27.0 Å². The van der Waals surface area contributed by atoms with Crippen LogP contribution in [-0.2, 0) is 10.0 Å². The molecule has 0 aliphatic rings. The normalized spacial score (nSPS) is 12.6. The maximum atomic E-state index is 12.0. The van der Waals surface area contributed by atoms with Crippen molar-refractivity contribution in [3.8, 4) is 5.75 Å². The van der Waals surface area contributed by atoms with Gasteiger partial charge in [-0.15, -0.1) is 13.2 Å². The molecule has 16 heavy (non-hydrogen) atoms. The molecule has 9 heteroatoms. The average Bonchev–Trinajstić information content (AvgIpc) is 1.97. The summed E-state index contributed by atoms with van der Waals surface area (Å²) in [5, 5.41) is 4.80. The van der Waals surface area contributed by atoms with Crippen LogP contribution >= 0.6 is 22.6 Å². The molecule has 0 aromatic heterocycles. The summed E-state index contributed by atoms with van der Waals surface area (Å²) >= 11 is 1.56. The zero-order valence-electron chi connectivity index (χ0n) is 7.45. The Kier molecular flexibility index (Phi) is 3.69. The fourth-order valence-electron chi connectivity index (χ4n) is 0.970. The highest BCUT2D eigenvalue weighted by Crippen LogP contribution is 2.31. The molecule has 0 fully saturated rings. The number of sulfonamides is 1. The molecule has 0 spiro atoms. The first-order valence-electron chi connectivity index (χ1n) is 3.68. The van der Waals surface area contributed by atoms with Crippen LogP contribution in [0.5, 0.6) is 5.75 Å². The SMILES string of the molecule is NS(=O)(=O)c1c(I)cccc1OC(F)(F)F. The molecule has 2 N–H and O–H groups in total. The smallest absolute Gasteiger partial charge is 0.404 e. The van der Waals surface area contributed by atoms with Crippen LogP contribution < -0.4 is 9.88 Å². The summed E-state index contributed by atoms with van der Waals surface area (Å²) in [5.74, 6) is -0.832. The molecule has 0 amide bonds. The lowest BCUT2D eigenvalue weighted by atomic mass is 10.3. The largest absolute Gasteiger partial charge is 0.573 e. The minimum atomic E-state index is -4.97. The van der Waals surface area contributed by atoms with Crippen molar-refractivity contribution in [1.29, 1.82) is 0 Å². The van der Waals surface area contributed by atoms with Gasteiger partial charge in [0.25, 0.3) is 0 Å². The molecular weight excluding hydrogens is 362 g/mol. The van der Waals surface area contributed by atoms with Crippen molar-refractivity contribution in [3.05, 3.63) is 21.8 Å². The molecule has 90 valence electrons. The second-order valence-electron chi connectivity index (χ2n) is 2.66. The lowest BCUT2D eigenvalue weighted by Crippen LogP contribution is -2.21. The molecule has 0 saturated heterocycles. The number of nitrogens with two attached hydrogens (primary N) is 1. The van der Waals surface area contributed by atoms with Crippen LogP contribution in [0.3, 0.4) is 0 Å². The van der Waals surface area contributed by atoms with E-state index in [0.29, 0.717) is 0 Å². The molecule has 0 saturated carbocycles. The van der Waals surface area contributed by atoms with E-state index in [1.54, 1.807) is 22.6 Å². The van der Waals surface area contributed by atoms with Crippen LogP contribution in [0.4, 0.5) is 13.2 Å². The molecule has 0 aliphatic carbocycles. The summed E-state index contributed by atoms with van der Waals surface area (Å²) in [6, 6.07) is 3.43. The van der Waals surface area contributed by atoms with E-state index in [2.05, 4.69) is 4.74 Å². The third-order valence-electron chi connectivity index (χ3n) is 1.44. The Labute approximate surface area is 103 Å². The van der Waals surface area contributed by atoms with Crippen LogP contribution in [0.15, 0.2) is 23.1 Å².